The van der Waals surface area contributed by atoms with Crippen LogP contribution in [0.15, 0.2) is 53.1 Å². The largest absolute Gasteiger partial charge is 0.484 e. The molecule has 3 aromatic rings. The van der Waals surface area contributed by atoms with Gasteiger partial charge in [-0.15, -0.1) is 0 Å². The van der Waals surface area contributed by atoms with Crippen molar-refractivity contribution in [2.75, 3.05) is 11.9 Å². The molecule has 1 aromatic heterocycles. The van der Waals surface area contributed by atoms with Crippen LogP contribution in [0, 0.1) is 13.8 Å². The molecule has 0 unspecified atom stereocenters. The van der Waals surface area contributed by atoms with E-state index in [-0.39, 0.29) is 12.5 Å². The van der Waals surface area contributed by atoms with Crippen molar-refractivity contribution in [3.63, 3.8) is 0 Å². The van der Waals surface area contributed by atoms with Crippen LogP contribution in [-0.2, 0) is 4.79 Å². The average molecular weight is 323 g/mol. The van der Waals surface area contributed by atoms with Crippen LogP contribution in [0.5, 0.6) is 5.75 Å². The lowest BCUT2D eigenvalue weighted by Crippen LogP contribution is -2.20. The number of aryl methyl sites for hydroxylation is 2. The summed E-state index contributed by atoms with van der Waals surface area (Å²) in [7, 11) is 0. The number of ether oxygens (including phenoxy) is 1. The number of nitrogens with zero attached hydrogens (tertiary/aromatic N) is 2. The molecule has 0 aliphatic heterocycles. The fraction of sp³-hybridized carbons (Fsp3) is 0.167. The molecule has 6 heteroatoms. The second-order valence-corrected chi connectivity index (χ2v) is 5.38. The summed E-state index contributed by atoms with van der Waals surface area (Å²) in [5.74, 6) is 1.48. The molecule has 0 bridgehead atoms. The van der Waals surface area contributed by atoms with Gasteiger partial charge >= 0.3 is 0 Å². The van der Waals surface area contributed by atoms with Crippen molar-refractivity contribution in [3.05, 3.63) is 59.9 Å². The molecule has 0 saturated carbocycles. The summed E-state index contributed by atoms with van der Waals surface area (Å²) >= 11 is 0. The molecule has 0 fully saturated rings. The van der Waals surface area contributed by atoms with Crippen molar-refractivity contribution in [1.29, 1.82) is 0 Å². The lowest BCUT2D eigenvalue weighted by molar-refractivity contribution is -0.118. The van der Waals surface area contributed by atoms with Gasteiger partial charge in [0.25, 0.3) is 11.8 Å². The first-order valence-electron chi connectivity index (χ1n) is 7.50. The highest BCUT2D eigenvalue weighted by atomic mass is 16.5. The molecule has 24 heavy (non-hydrogen) atoms. The summed E-state index contributed by atoms with van der Waals surface area (Å²) in [4.78, 5) is 16.1. The molecular weight excluding hydrogens is 306 g/mol. The molecule has 1 heterocycles. The summed E-state index contributed by atoms with van der Waals surface area (Å²) in [6, 6.07) is 14.7. The Labute approximate surface area is 139 Å². The zero-order valence-electron chi connectivity index (χ0n) is 13.4. The Balaban J connectivity index is 1.56. The van der Waals surface area contributed by atoms with E-state index in [0.29, 0.717) is 23.2 Å². The maximum atomic E-state index is 12.0. The maximum absolute atomic E-state index is 12.0. The van der Waals surface area contributed by atoms with Crippen molar-refractivity contribution < 1.29 is 14.1 Å². The maximum Gasteiger partial charge on any atom is 0.262 e. The van der Waals surface area contributed by atoms with Gasteiger partial charge in [0.15, 0.2) is 12.4 Å². The first-order chi connectivity index (χ1) is 11.6. The second-order valence-electron chi connectivity index (χ2n) is 5.38. The highest BCUT2D eigenvalue weighted by Gasteiger charge is 2.07. The van der Waals surface area contributed by atoms with E-state index < -0.39 is 0 Å². The summed E-state index contributed by atoms with van der Waals surface area (Å²) in [5.41, 5.74) is 2.55. The molecular formula is C18H17N3O3. The van der Waals surface area contributed by atoms with E-state index >= 15 is 0 Å². The predicted octanol–water partition coefficient (Wildman–Crippen LogP) is 3.37. The molecule has 0 aliphatic carbocycles. The number of hydrogen-bond donors (Lipinski definition) is 1. The molecule has 6 nitrogen and oxygen atoms in total. The van der Waals surface area contributed by atoms with Gasteiger partial charge < -0.3 is 14.6 Å². The minimum Gasteiger partial charge on any atom is -0.484 e. The number of carbonyl (C=O) groups excluding carboxylic acids is 1. The minimum atomic E-state index is -0.224. The van der Waals surface area contributed by atoms with Crippen molar-refractivity contribution in [3.8, 4) is 17.2 Å². The van der Waals surface area contributed by atoms with Crippen LogP contribution >= 0.6 is 0 Å². The molecule has 0 saturated heterocycles. The Kier molecular flexibility index (Phi) is 4.56. The monoisotopic (exact) mass is 323 g/mol. The van der Waals surface area contributed by atoms with E-state index in [1.165, 1.54) is 0 Å². The number of hydrogen-bond acceptors (Lipinski definition) is 5. The number of benzene rings is 2. The number of aromatic nitrogens is 2. The van der Waals surface area contributed by atoms with Crippen molar-refractivity contribution >= 4 is 11.6 Å². The fourth-order valence-electron chi connectivity index (χ4n) is 2.16. The first-order valence-corrected chi connectivity index (χ1v) is 7.50. The molecule has 0 radical (unpaired) electrons. The fourth-order valence-corrected chi connectivity index (χ4v) is 2.16. The highest BCUT2D eigenvalue weighted by molar-refractivity contribution is 5.92. The predicted molar refractivity (Wildman–Crippen MR) is 89.8 cm³/mol. The smallest absolute Gasteiger partial charge is 0.262 e. The quantitative estimate of drug-likeness (QED) is 0.779. The number of rotatable bonds is 5. The molecule has 1 amide bonds. The zero-order valence-corrected chi connectivity index (χ0v) is 13.4. The Hall–Kier alpha value is -3.15. The third-order valence-corrected chi connectivity index (χ3v) is 3.30. The van der Waals surface area contributed by atoms with Gasteiger partial charge in [-0.2, -0.15) is 4.98 Å². The molecule has 0 aliphatic rings. The third kappa shape index (κ3) is 3.98. The van der Waals surface area contributed by atoms with Gasteiger partial charge in [0.05, 0.1) is 0 Å². The Morgan fingerprint density at radius 2 is 1.96 bits per heavy atom. The van der Waals surface area contributed by atoms with E-state index in [1.54, 1.807) is 19.1 Å². The summed E-state index contributed by atoms with van der Waals surface area (Å²) in [6.45, 7) is 3.68. The number of nitrogens with one attached hydrogen (secondary N) is 1. The van der Waals surface area contributed by atoms with Crippen molar-refractivity contribution in [1.82, 2.24) is 10.1 Å². The average Bonchev–Trinajstić information content (AvgIpc) is 3.00. The molecule has 0 spiro atoms. The van der Waals surface area contributed by atoms with Gasteiger partial charge in [-0.3, -0.25) is 4.79 Å². The number of amides is 1. The van der Waals surface area contributed by atoms with Gasteiger partial charge in [-0.1, -0.05) is 17.3 Å². The zero-order chi connectivity index (χ0) is 16.9. The van der Waals surface area contributed by atoms with Gasteiger partial charge in [-0.25, -0.2) is 0 Å². The first kappa shape index (κ1) is 15.7. The van der Waals surface area contributed by atoms with Gasteiger partial charge in [-0.05, 0) is 55.8 Å². The standard InChI is InChI=1S/C18H17N3O3/c1-12-4-3-5-16(10-12)23-11-17(22)20-15-8-6-14(7-9-15)18-19-13(2)21-24-18/h3-10H,11H2,1-2H3,(H,20,22). The highest BCUT2D eigenvalue weighted by Crippen LogP contribution is 2.19. The summed E-state index contributed by atoms with van der Waals surface area (Å²) in [6.07, 6.45) is 0. The van der Waals surface area contributed by atoms with Crippen LogP contribution in [0.1, 0.15) is 11.4 Å². The van der Waals surface area contributed by atoms with Gasteiger partial charge in [0.1, 0.15) is 5.75 Å². The SMILES string of the molecule is Cc1cccc(OCC(=O)Nc2ccc(-c3nc(C)no3)cc2)c1. The van der Waals surface area contributed by atoms with Gasteiger partial charge in [0, 0.05) is 11.3 Å². The van der Waals surface area contributed by atoms with Crippen LogP contribution in [0.25, 0.3) is 11.5 Å². The third-order valence-electron chi connectivity index (χ3n) is 3.30. The van der Waals surface area contributed by atoms with Crippen LogP contribution < -0.4 is 10.1 Å². The normalized spacial score (nSPS) is 10.4. The van der Waals surface area contributed by atoms with E-state index in [1.807, 2.05) is 43.3 Å². The lowest BCUT2D eigenvalue weighted by Gasteiger charge is -2.08. The molecule has 3 rings (SSSR count). The van der Waals surface area contributed by atoms with E-state index in [4.69, 9.17) is 9.26 Å². The number of anilines is 1. The lowest BCUT2D eigenvalue weighted by atomic mass is 10.2. The van der Waals surface area contributed by atoms with E-state index in [9.17, 15) is 4.79 Å². The Bertz CT molecular complexity index is 841. The molecule has 1 N–H and O–H groups in total. The summed E-state index contributed by atoms with van der Waals surface area (Å²) in [5, 5.41) is 6.53. The summed E-state index contributed by atoms with van der Waals surface area (Å²) < 4.78 is 10.6. The van der Waals surface area contributed by atoms with E-state index in [0.717, 1.165) is 11.1 Å². The molecule has 122 valence electrons. The Morgan fingerprint density at radius 3 is 2.62 bits per heavy atom. The molecule has 2 aromatic carbocycles. The van der Waals surface area contributed by atoms with Crippen molar-refractivity contribution in [2.24, 2.45) is 0 Å². The van der Waals surface area contributed by atoms with Crippen LogP contribution in [0.3, 0.4) is 0 Å². The van der Waals surface area contributed by atoms with Crippen LogP contribution in [0.2, 0.25) is 0 Å². The second kappa shape index (κ2) is 6.95. The molecule has 0 atom stereocenters. The van der Waals surface area contributed by atoms with E-state index in [2.05, 4.69) is 15.5 Å². The van der Waals surface area contributed by atoms with Crippen LogP contribution in [-0.4, -0.2) is 22.7 Å². The van der Waals surface area contributed by atoms with Crippen LogP contribution in [0.4, 0.5) is 5.69 Å². The van der Waals surface area contributed by atoms with Gasteiger partial charge in [0.2, 0.25) is 0 Å². The minimum absolute atomic E-state index is 0.0476. The number of carbonyl (C=O) groups is 1. The topological polar surface area (TPSA) is 77.2 Å². The Morgan fingerprint density at radius 1 is 1.17 bits per heavy atom. The van der Waals surface area contributed by atoms with Crippen molar-refractivity contribution in [2.45, 2.75) is 13.8 Å².